The Morgan fingerprint density at radius 3 is 2.58 bits per heavy atom. The molecule has 6 nitrogen and oxygen atoms in total. The van der Waals surface area contributed by atoms with Crippen LogP contribution in [0.25, 0.3) is 11.3 Å². The smallest absolute Gasteiger partial charge is 0.253 e. The van der Waals surface area contributed by atoms with E-state index in [9.17, 15) is 9.18 Å². The fourth-order valence-corrected chi connectivity index (χ4v) is 4.02. The molecule has 0 unspecified atom stereocenters. The number of rotatable bonds is 5. The predicted molar refractivity (Wildman–Crippen MR) is 125 cm³/mol. The highest BCUT2D eigenvalue weighted by Crippen LogP contribution is 2.30. The van der Waals surface area contributed by atoms with Crippen molar-refractivity contribution in [2.24, 2.45) is 0 Å². The van der Waals surface area contributed by atoms with Crippen molar-refractivity contribution in [3.63, 3.8) is 0 Å². The van der Waals surface area contributed by atoms with E-state index in [2.05, 4.69) is 10.3 Å². The van der Waals surface area contributed by atoms with Gasteiger partial charge in [-0.25, -0.2) is 14.4 Å². The Bertz CT molecular complexity index is 1270. The summed E-state index contributed by atoms with van der Waals surface area (Å²) in [6, 6.07) is 21.2. The standard InChI is InChI=1S/C26H22FN5O/c27-21-7-4-8-22(15-21)29-24-16-23(18-9-12-28-13-10-18)30-25(31-24)20-11-14-32(17-20)26(33)19-5-2-1-3-6-19/h1-10,12-13,15-16,20H,11,14,17H2,(H,29,30,31)/t20-/m0/s1. The van der Waals surface area contributed by atoms with Gasteiger partial charge in [-0.3, -0.25) is 9.78 Å². The van der Waals surface area contributed by atoms with Gasteiger partial charge in [0.15, 0.2) is 0 Å². The quantitative estimate of drug-likeness (QED) is 0.471. The molecule has 1 aliphatic heterocycles. The van der Waals surface area contributed by atoms with Crippen LogP contribution in [0.1, 0.15) is 28.5 Å². The lowest BCUT2D eigenvalue weighted by Gasteiger charge is -2.17. The first kappa shape index (κ1) is 20.8. The zero-order valence-electron chi connectivity index (χ0n) is 17.9. The Kier molecular flexibility index (Phi) is 5.76. The normalized spacial score (nSPS) is 15.4. The molecule has 1 aliphatic rings. The van der Waals surface area contributed by atoms with Crippen LogP contribution in [0.2, 0.25) is 0 Å². The molecule has 1 fully saturated rings. The number of aromatic nitrogens is 3. The number of carbonyl (C=O) groups is 1. The van der Waals surface area contributed by atoms with Gasteiger partial charge in [-0.15, -0.1) is 0 Å². The first-order valence-electron chi connectivity index (χ1n) is 10.8. The minimum Gasteiger partial charge on any atom is -0.340 e. The average Bonchev–Trinajstić information content (AvgIpc) is 3.35. The van der Waals surface area contributed by atoms with Crippen LogP contribution in [-0.2, 0) is 0 Å². The van der Waals surface area contributed by atoms with Gasteiger partial charge in [-0.05, 0) is 48.9 Å². The summed E-state index contributed by atoms with van der Waals surface area (Å²) in [6.07, 6.45) is 4.21. The Morgan fingerprint density at radius 2 is 1.79 bits per heavy atom. The first-order chi connectivity index (χ1) is 16.2. The highest BCUT2D eigenvalue weighted by molar-refractivity contribution is 5.94. The highest BCUT2D eigenvalue weighted by atomic mass is 19.1. The molecule has 2 aromatic heterocycles. The summed E-state index contributed by atoms with van der Waals surface area (Å²) >= 11 is 0. The number of nitrogens with zero attached hydrogens (tertiary/aromatic N) is 4. The van der Waals surface area contributed by atoms with Crippen LogP contribution in [0.4, 0.5) is 15.9 Å². The molecule has 4 aromatic rings. The fourth-order valence-electron chi connectivity index (χ4n) is 4.02. The predicted octanol–water partition coefficient (Wildman–Crippen LogP) is 5.05. The third-order valence-corrected chi connectivity index (χ3v) is 5.68. The molecule has 7 heteroatoms. The van der Waals surface area contributed by atoms with Gasteiger partial charge in [0, 0.05) is 54.3 Å². The summed E-state index contributed by atoms with van der Waals surface area (Å²) in [5.74, 6) is 0.931. The number of pyridine rings is 1. The lowest BCUT2D eigenvalue weighted by atomic mass is 10.1. The van der Waals surface area contributed by atoms with E-state index >= 15 is 0 Å². The number of nitrogens with one attached hydrogen (secondary N) is 1. The van der Waals surface area contributed by atoms with Crippen LogP contribution in [-0.4, -0.2) is 38.8 Å². The van der Waals surface area contributed by atoms with Crippen LogP contribution in [0, 0.1) is 5.82 Å². The largest absolute Gasteiger partial charge is 0.340 e. The second-order valence-corrected chi connectivity index (χ2v) is 7.97. The van der Waals surface area contributed by atoms with Gasteiger partial charge in [0.25, 0.3) is 5.91 Å². The molecule has 1 atom stereocenters. The van der Waals surface area contributed by atoms with Crippen LogP contribution in [0.3, 0.4) is 0 Å². The maximum atomic E-state index is 13.7. The Balaban J connectivity index is 1.44. The van der Waals surface area contributed by atoms with E-state index in [4.69, 9.17) is 9.97 Å². The number of hydrogen-bond donors (Lipinski definition) is 1. The van der Waals surface area contributed by atoms with Gasteiger partial charge in [0.05, 0.1) is 5.69 Å². The van der Waals surface area contributed by atoms with Crippen molar-refractivity contribution in [3.8, 4) is 11.3 Å². The van der Waals surface area contributed by atoms with Gasteiger partial charge >= 0.3 is 0 Å². The van der Waals surface area contributed by atoms with Crippen molar-refractivity contribution in [3.05, 3.63) is 102 Å². The highest BCUT2D eigenvalue weighted by Gasteiger charge is 2.30. The number of likely N-dealkylation sites (tertiary alicyclic amines) is 1. The molecular weight excluding hydrogens is 417 g/mol. The second kappa shape index (κ2) is 9.16. The Labute approximate surface area is 191 Å². The number of anilines is 2. The molecule has 1 saturated heterocycles. The molecule has 1 amide bonds. The Morgan fingerprint density at radius 1 is 0.970 bits per heavy atom. The number of benzene rings is 2. The van der Waals surface area contributed by atoms with E-state index in [0.29, 0.717) is 36.0 Å². The van der Waals surface area contributed by atoms with Crippen molar-refractivity contribution in [1.82, 2.24) is 19.9 Å². The van der Waals surface area contributed by atoms with Crippen molar-refractivity contribution >= 4 is 17.4 Å². The molecule has 0 aliphatic carbocycles. The van der Waals surface area contributed by atoms with Gasteiger partial charge in [-0.1, -0.05) is 24.3 Å². The van der Waals surface area contributed by atoms with Crippen LogP contribution in [0.5, 0.6) is 0 Å². The number of hydrogen-bond acceptors (Lipinski definition) is 5. The van der Waals surface area contributed by atoms with Gasteiger partial charge in [0.2, 0.25) is 0 Å². The first-order valence-corrected chi connectivity index (χ1v) is 10.8. The number of amides is 1. The van der Waals surface area contributed by atoms with Gasteiger partial charge in [-0.2, -0.15) is 0 Å². The minimum absolute atomic E-state index is 0.00695. The summed E-state index contributed by atoms with van der Waals surface area (Å²) < 4.78 is 13.7. The lowest BCUT2D eigenvalue weighted by Crippen LogP contribution is -2.28. The fraction of sp³-hybridized carbons (Fsp3) is 0.154. The number of halogens is 1. The molecule has 33 heavy (non-hydrogen) atoms. The van der Waals surface area contributed by atoms with Gasteiger partial charge in [0.1, 0.15) is 17.5 Å². The second-order valence-electron chi connectivity index (χ2n) is 7.97. The van der Waals surface area contributed by atoms with E-state index in [1.165, 1.54) is 12.1 Å². The van der Waals surface area contributed by atoms with E-state index in [1.54, 1.807) is 24.5 Å². The third kappa shape index (κ3) is 4.72. The van der Waals surface area contributed by atoms with E-state index in [1.807, 2.05) is 53.4 Å². The number of carbonyl (C=O) groups excluding carboxylic acids is 1. The summed E-state index contributed by atoms with van der Waals surface area (Å²) in [5, 5.41) is 3.19. The third-order valence-electron chi connectivity index (χ3n) is 5.68. The molecule has 0 radical (unpaired) electrons. The molecule has 5 rings (SSSR count). The maximum Gasteiger partial charge on any atom is 0.253 e. The summed E-state index contributed by atoms with van der Waals surface area (Å²) in [7, 11) is 0. The van der Waals surface area contributed by atoms with E-state index in [0.717, 1.165) is 17.7 Å². The summed E-state index contributed by atoms with van der Waals surface area (Å²) in [6.45, 7) is 1.20. The molecule has 0 saturated carbocycles. The zero-order valence-corrected chi connectivity index (χ0v) is 17.9. The van der Waals surface area contributed by atoms with Crippen LogP contribution >= 0.6 is 0 Å². The van der Waals surface area contributed by atoms with Crippen molar-refractivity contribution < 1.29 is 9.18 Å². The van der Waals surface area contributed by atoms with E-state index in [-0.39, 0.29) is 17.6 Å². The molecule has 2 aromatic carbocycles. The molecular formula is C26H22FN5O. The van der Waals surface area contributed by atoms with Crippen molar-refractivity contribution in [2.45, 2.75) is 12.3 Å². The minimum atomic E-state index is -0.325. The van der Waals surface area contributed by atoms with Crippen molar-refractivity contribution in [2.75, 3.05) is 18.4 Å². The molecule has 164 valence electrons. The zero-order chi connectivity index (χ0) is 22.6. The lowest BCUT2D eigenvalue weighted by molar-refractivity contribution is 0.0790. The SMILES string of the molecule is O=C(c1ccccc1)N1CC[C@H](c2nc(Nc3cccc(F)c3)cc(-c3ccncc3)n2)C1. The monoisotopic (exact) mass is 439 g/mol. The topological polar surface area (TPSA) is 71.0 Å². The Hall–Kier alpha value is -4.13. The summed E-state index contributed by atoms with van der Waals surface area (Å²) in [5.41, 5.74) is 2.94. The molecule has 0 spiro atoms. The van der Waals surface area contributed by atoms with E-state index < -0.39 is 0 Å². The van der Waals surface area contributed by atoms with Gasteiger partial charge < -0.3 is 10.2 Å². The van der Waals surface area contributed by atoms with Crippen molar-refractivity contribution in [1.29, 1.82) is 0 Å². The summed E-state index contributed by atoms with van der Waals surface area (Å²) in [4.78, 5) is 28.4. The van der Waals surface area contributed by atoms with Crippen LogP contribution in [0.15, 0.2) is 85.2 Å². The van der Waals surface area contributed by atoms with Crippen LogP contribution < -0.4 is 5.32 Å². The molecule has 3 heterocycles. The molecule has 1 N–H and O–H groups in total. The molecule has 0 bridgehead atoms. The average molecular weight is 439 g/mol. The maximum absolute atomic E-state index is 13.7.